The van der Waals surface area contributed by atoms with E-state index in [-0.39, 0.29) is 11.7 Å². The van der Waals surface area contributed by atoms with Crippen molar-refractivity contribution < 1.29 is 4.79 Å². The van der Waals surface area contributed by atoms with E-state index in [0.29, 0.717) is 0 Å². The molecule has 1 aliphatic rings. The molecule has 0 fully saturated rings. The second-order valence-electron chi connectivity index (χ2n) is 3.65. The molecule has 1 rings (SSSR count). The highest BCUT2D eigenvalue weighted by Crippen LogP contribution is 2.18. The summed E-state index contributed by atoms with van der Waals surface area (Å²) < 4.78 is 0. The molecular formula is C11H17NO. The number of hydrogen-bond acceptors (Lipinski definition) is 2. The molecular weight excluding hydrogens is 162 g/mol. The Balaban J connectivity index is 2.47. The minimum Gasteiger partial charge on any atom is -0.383 e. The van der Waals surface area contributed by atoms with Crippen molar-refractivity contribution in [3.63, 3.8) is 0 Å². The standard InChI is InChI=1S/C11H17NO/c1-12(2)9-8-11(13)10-6-4-3-5-7-10/h4,6,8-10H,3,5,7H2,1-2H3/b9-8+. The van der Waals surface area contributed by atoms with Gasteiger partial charge in [0.2, 0.25) is 0 Å². The Morgan fingerprint density at radius 3 is 2.85 bits per heavy atom. The molecule has 13 heavy (non-hydrogen) atoms. The number of hydrogen-bond donors (Lipinski definition) is 0. The summed E-state index contributed by atoms with van der Waals surface area (Å²) in [6.45, 7) is 0. The molecule has 72 valence electrons. The van der Waals surface area contributed by atoms with Gasteiger partial charge in [-0.2, -0.15) is 0 Å². The normalized spacial score (nSPS) is 22.2. The van der Waals surface area contributed by atoms with Crippen LogP contribution in [-0.4, -0.2) is 24.8 Å². The SMILES string of the molecule is CN(C)/C=C/C(=O)C1C=CCCC1. The first-order valence-electron chi connectivity index (χ1n) is 4.75. The fourth-order valence-corrected chi connectivity index (χ4v) is 1.40. The van der Waals surface area contributed by atoms with E-state index in [2.05, 4.69) is 6.08 Å². The molecule has 0 bridgehead atoms. The molecule has 0 heterocycles. The molecule has 2 nitrogen and oxygen atoms in total. The first-order valence-corrected chi connectivity index (χ1v) is 4.75. The van der Waals surface area contributed by atoms with Crippen molar-refractivity contribution in [2.24, 2.45) is 5.92 Å². The molecule has 0 radical (unpaired) electrons. The predicted octanol–water partition coefficient (Wildman–Crippen LogP) is 1.99. The highest BCUT2D eigenvalue weighted by atomic mass is 16.1. The molecule has 1 unspecified atom stereocenters. The van der Waals surface area contributed by atoms with Gasteiger partial charge in [0, 0.05) is 26.2 Å². The van der Waals surface area contributed by atoms with Crippen molar-refractivity contribution in [2.45, 2.75) is 19.3 Å². The topological polar surface area (TPSA) is 20.3 Å². The second kappa shape index (κ2) is 4.85. The van der Waals surface area contributed by atoms with E-state index < -0.39 is 0 Å². The zero-order valence-corrected chi connectivity index (χ0v) is 8.36. The minimum absolute atomic E-state index is 0.130. The molecule has 0 saturated heterocycles. The number of carbonyl (C=O) groups excluding carboxylic acids is 1. The average molecular weight is 179 g/mol. The molecule has 1 atom stereocenters. The second-order valence-corrected chi connectivity index (χ2v) is 3.65. The first kappa shape index (κ1) is 10.0. The van der Waals surface area contributed by atoms with Crippen molar-refractivity contribution in [1.29, 1.82) is 0 Å². The quantitative estimate of drug-likeness (QED) is 0.488. The lowest BCUT2D eigenvalue weighted by Crippen LogP contribution is -2.12. The summed E-state index contributed by atoms with van der Waals surface area (Å²) in [7, 11) is 3.83. The van der Waals surface area contributed by atoms with Gasteiger partial charge in [0.15, 0.2) is 5.78 Å². The van der Waals surface area contributed by atoms with Gasteiger partial charge < -0.3 is 4.90 Å². The summed E-state index contributed by atoms with van der Waals surface area (Å²) in [5.41, 5.74) is 0. The van der Waals surface area contributed by atoms with Gasteiger partial charge in [0.05, 0.1) is 0 Å². The summed E-state index contributed by atoms with van der Waals surface area (Å²) >= 11 is 0. The van der Waals surface area contributed by atoms with E-state index >= 15 is 0 Å². The molecule has 0 saturated carbocycles. The van der Waals surface area contributed by atoms with Crippen molar-refractivity contribution in [2.75, 3.05) is 14.1 Å². The van der Waals surface area contributed by atoms with Gasteiger partial charge in [-0.1, -0.05) is 12.2 Å². The van der Waals surface area contributed by atoms with Crippen molar-refractivity contribution in [3.05, 3.63) is 24.4 Å². The molecule has 1 aliphatic carbocycles. The van der Waals surface area contributed by atoms with Crippen molar-refractivity contribution >= 4 is 5.78 Å². The smallest absolute Gasteiger partial charge is 0.163 e. The number of nitrogens with zero attached hydrogens (tertiary/aromatic N) is 1. The highest BCUT2D eigenvalue weighted by molar-refractivity contribution is 5.92. The molecule has 0 spiro atoms. The van der Waals surface area contributed by atoms with E-state index in [9.17, 15) is 4.79 Å². The van der Waals surface area contributed by atoms with Crippen LogP contribution in [0, 0.1) is 5.92 Å². The highest BCUT2D eigenvalue weighted by Gasteiger charge is 2.14. The zero-order valence-electron chi connectivity index (χ0n) is 8.36. The van der Waals surface area contributed by atoms with Crippen LogP contribution in [0.2, 0.25) is 0 Å². The summed E-state index contributed by atoms with van der Waals surface area (Å²) in [5, 5.41) is 0. The Morgan fingerprint density at radius 1 is 1.54 bits per heavy atom. The Hall–Kier alpha value is -1.05. The number of rotatable bonds is 3. The lowest BCUT2D eigenvalue weighted by atomic mass is 9.92. The van der Waals surface area contributed by atoms with E-state index in [4.69, 9.17) is 0 Å². The Labute approximate surface area is 79.9 Å². The fraction of sp³-hybridized carbons (Fsp3) is 0.545. The van der Waals surface area contributed by atoms with Crippen molar-refractivity contribution in [1.82, 2.24) is 4.90 Å². The van der Waals surface area contributed by atoms with Crippen LogP contribution in [0.15, 0.2) is 24.4 Å². The lowest BCUT2D eigenvalue weighted by Gasteiger charge is -2.13. The molecule has 0 aromatic rings. The van der Waals surface area contributed by atoms with E-state index in [1.165, 1.54) is 0 Å². The summed E-state index contributed by atoms with van der Waals surface area (Å²) in [4.78, 5) is 13.4. The van der Waals surface area contributed by atoms with Gasteiger partial charge in [0.25, 0.3) is 0 Å². The van der Waals surface area contributed by atoms with Crippen LogP contribution in [0.1, 0.15) is 19.3 Å². The van der Waals surface area contributed by atoms with E-state index in [1.54, 1.807) is 6.08 Å². The van der Waals surface area contributed by atoms with Crippen LogP contribution >= 0.6 is 0 Å². The largest absolute Gasteiger partial charge is 0.383 e. The maximum Gasteiger partial charge on any atom is 0.163 e. The molecule has 0 aromatic carbocycles. The summed E-state index contributed by atoms with van der Waals surface area (Å²) in [6.07, 6.45) is 10.9. The maximum atomic E-state index is 11.5. The fourth-order valence-electron chi connectivity index (χ4n) is 1.40. The summed E-state index contributed by atoms with van der Waals surface area (Å²) in [6, 6.07) is 0. The molecule has 0 N–H and O–H groups in total. The van der Waals surface area contributed by atoms with Gasteiger partial charge in [-0.05, 0) is 25.3 Å². The van der Waals surface area contributed by atoms with Crippen LogP contribution in [-0.2, 0) is 4.79 Å². The molecule has 0 aromatic heterocycles. The average Bonchev–Trinajstić information content (AvgIpc) is 2.15. The van der Waals surface area contributed by atoms with E-state index in [0.717, 1.165) is 19.3 Å². The third-order valence-electron chi connectivity index (χ3n) is 2.16. The minimum atomic E-state index is 0.130. The predicted molar refractivity (Wildman–Crippen MR) is 54.3 cm³/mol. The third kappa shape index (κ3) is 3.45. The number of ketones is 1. The Morgan fingerprint density at radius 2 is 2.31 bits per heavy atom. The zero-order chi connectivity index (χ0) is 9.68. The summed E-state index contributed by atoms with van der Waals surface area (Å²) in [5.74, 6) is 0.356. The monoisotopic (exact) mass is 179 g/mol. The van der Waals surface area contributed by atoms with E-state index in [1.807, 2.05) is 31.3 Å². The number of carbonyl (C=O) groups is 1. The van der Waals surface area contributed by atoms with Gasteiger partial charge in [-0.25, -0.2) is 0 Å². The first-order chi connectivity index (χ1) is 6.20. The van der Waals surface area contributed by atoms with Gasteiger partial charge in [-0.3, -0.25) is 4.79 Å². The van der Waals surface area contributed by atoms with Gasteiger partial charge >= 0.3 is 0 Å². The van der Waals surface area contributed by atoms with Gasteiger partial charge in [-0.15, -0.1) is 0 Å². The third-order valence-corrected chi connectivity index (χ3v) is 2.16. The molecule has 0 aliphatic heterocycles. The van der Waals surface area contributed by atoms with Crippen molar-refractivity contribution in [3.8, 4) is 0 Å². The number of allylic oxidation sites excluding steroid dienone is 3. The van der Waals surface area contributed by atoms with Gasteiger partial charge in [0.1, 0.15) is 0 Å². The Bertz CT molecular complexity index is 228. The lowest BCUT2D eigenvalue weighted by molar-refractivity contribution is -0.117. The molecule has 2 heteroatoms. The van der Waals surface area contributed by atoms with Crippen LogP contribution in [0.4, 0.5) is 0 Å². The van der Waals surface area contributed by atoms with Crippen LogP contribution in [0.5, 0.6) is 0 Å². The van der Waals surface area contributed by atoms with Crippen LogP contribution in [0.25, 0.3) is 0 Å². The molecule has 0 amide bonds. The maximum absolute atomic E-state index is 11.5. The van der Waals surface area contributed by atoms with Crippen LogP contribution < -0.4 is 0 Å². The van der Waals surface area contributed by atoms with Crippen LogP contribution in [0.3, 0.4) is 0 Å². The Kier molecular flexibility index (Phi) is 3.74.